The summed E-state index contributed by atoms with van der Waals surface area (Å²) in [6.45, 7) is 2.09. The number of aliphatic imine (C=N–C) groups is 1. The fourth-order valence-electron chi connectivity index (χ4n) is 3.00. The lowest BCUT2D eigenvalue weighted by atomic mass is 10.2. The largest absolute Gasteiger partial charge is 0.459 e. The third-order valence-electron chi connectivity index (χ3n) is 4.50. The summed E-state index contributed by atoms with van der Waals surface area (Å²) in [6, 6.07) is 7.88. The van der Waals surface area contributed by atoms with Gasteiger partial charge in [0, 0.05) is 24.6 Å². The van der Waals surface area contributed by atoms with E-state index >= 15 is 0 Å². The van der Waals surface area contributed by atoms with Gasteiger partial charge in [-0.3, -0.25) is 19.3 Å². The second-order valence-electron chi connectivity index (χ2n) is 6.73. The number of aromatic nitrogens is 3. The number of ether oxygens (including phenoxy) is 1. The Morgan fingerprint density at radius 3 is 2.94 bits per heavy atom. The molecule has 0 bridgehead atoms. The lowest BCUT2D eigenvalue weighted by molar-refractivity contribution is -0.145. The second kappa shape index (κ2) is 8.55. The van der Waals surface area contributed by atoms with Gasteiger partial charge in [-0.25, -0.2) is 13.4 Å². The fraction of sp³-hybridized carbons (Fsp3) is 0.316. The van der Waals surface area contributed by atoms with Gasteiger partial charge < -0.3 is 4.74 Å². The highest BCUT2D eigenvalue weighted by Crippen LogP contribution is 2.22. The number of hydrogen-bond donors (Lipinski definition) is 1. The Labute approximate surface area is 181 Å². The van der Waals surface area contributed by atoms with E-state index in [0.29, 0.717) is 29.1 Å². The third-order valence-corrected chi connectivity index (χ3v) is 6.94. The minimum Gasteiger partial charge on any atom is -0.459 e. The summed E-state index contributed by atoms with van der Waals surface area (Å²) < 4.78 is 33.0. The molecule has 0 unspecified atom stereocenters. The topological polar surface area (TPSA) is 132 Å². The number of nitrogens with zero attached hydrogens (tertiary/aromatic N) is 4. The van der Waals surface area contributed by atoms with Crippen LogP contribution in [0.25, 0.3) is 4.96 Å². The molecule has 12 heteroatoms. The second-order valence-corrected chi connectivity index (χ2v) is 9.42. The summed E-state index contributed by atoms with van der Waals surface area (Å²) in [4.78, 5) is 33.4. The van der Waals surface area contributed by atoms with Gasteiger partial charge in [0.15, 0.2) is 0 Å². The average molecular weight is 462 g/mol. The molecule has 0 aliphatic carbocycles. The molecule has 0 spiro atoms. The highest BCUT2D eigenvalue weighted by Gasteiger charge is 2.29. The first-order valence-corrected chi connectivity index (χ1v) is 11.9. The van der Waals surface area contributed by atoms with Crippen molar-refractivity contribution in [3.05, 3.63) is 57.0 Å². The monoisotopic (exact) mass is 461 g/mol. The summed E-state index contributed by atoms with van der Waals surface area (Å²) >= 11 is 1.32. The first kappa shape index (κ1) is 21.1. The number of amidine groups is 1. The van der Waals surface area contributed by atoms with E-state index in [2.05, 4.69) is 19.8 Å². The molecule has 0 saturated carbocycles. The maximum Gasteiger partial charge on any atom is 0.306 e. The van der Waals surface area contributed by atoms with E-state index in [9.17, 15) is 18.0 Å². The molecule has 0 atom stereocenters. The number of aryl methyl sites for hydroxylation is 1. The molecule has 31 heavy (non-hydrogen) atoms. The lowest BCUT2D eigenvalue weighted by Crippen LogP contribution is -2.22. The van der Waals surface area contributed by atoms with Gasteiger partial charge in [-0.2, -0.15) is 9.61 Å². The Morgan fingerprint density at radius 2 is 2.13 bits per heavy atom. The van der Waals surface area contributed by atoms with E-state index in [4.69, 9.17) is 4.74 Å². The zero-order chi connectivity index (χ0) is 22.0. The molecule has 0 saturated heterocycles. The number of carbonyl (C=O) groups excluding carboxylic acids is 1. The van der Waals surface area contributed by atoms with Crippen LogP contribution in [0.5, 0.6) is 0 Å². The molecule has 3 aromatic rings. The molecular formula is C19H19N5O5S2. The van der Waals surface area contributed by atoms with E-state index < -0.39 is 16.0 Å². The zero-order valence-corrected chi connectivity index (χ0v) is 18.2. The molecule has 1 aromatic carbocycles. The van der Waals surface area contributed by atoms with E-state index in [1.54, 1.807) is 18.2 Å². The van der Waals surface area contributed by atoms with Crippen molar-refractivity contribution in [1.29, 1.82) is 0 Å². The number of esters is 1. The lowest BCUT2D eigenvalue weighted by Gasteiger charge is -2.04. The van der Waals surface area contributed by atoms with Crippen molar-refractivity contribution in [2.75, 3.05) is 6.54 Å². The van der Waals surface area contributed by atoms with Gasteiger partial charge in [0.1, 0.15) is 17.5 Å². The molecule has 0 fully saturated rings. The normalized spacial score (nSPS) is 15.7. The quantitative estimate of drug-likeness (QED) is 0.414. The summed E-state index contributed by atoms with van der Waals surface area (Å²) in [5.41, 5.74) is 0.566. The number of sulfonamides is 1. The Morgan fingerprint density at radius 1 is 1.32 bits per heavy atom. The smallest absolute Gasteiger partial charge is 0.306 e. The average Bonchev–Trinajstić information content (AvgIpc) is 3.29. The Kier molecular flexibility index (Phi) is 5.83. The van der Waals surface area contributed by atoms with Crippen molar-refractivity contribution >= 4 is 38.1 Å². The van der Waals surface area contributed by atoms with Gasteiger partial charge in [0.25, 0.3) is 15.6 Å². The van der Waals surface area contributed by atoms with Crippen molar-refractivity contribution in [3.8, 4) is 0 Å². The van der Waals surface area contributed by atoms with Gasteiger partial charge >= 0.3 is 5.97 Å². The number of fused-ring (bicyclic) bond motifs is 2. The van der Waals surface area contributed by atoms with Crippen molar-refractivity contribution < 1.29 is 17.9 Å². The van der Waals surface area contributed by atoms with E-state index in [-0.39, 0.29) is 35.9 Å². The SMILES string of the molecule is CCc1nn2c(=O)cc(COC(=O)CCCN=C3NS(=O)(=O)c4ccccc43)nc2s1. The van der Waals surface area contributed by atoms with E-state index in [1.165, 1.54) is 28.0 Å². The molecule has 10 nitrogen and oxygen atoms in total. The number of nitrogens with one attached hydrogen (secondary N) is 1. The van der Waals surface area contributed by atoms with E-state index in [0.717, 1.165) is 5.01 Å². The fourth-order valence-corrected chi connectivity index (χ4v) is 5.11. The number of hydrogen-bond acceptors (Lipinski definition) is 9. The number of benzene rings is 1. The van der Waals surface area contributed by atoms with Gasteiger partial charge in [-0.1, -0.05) is 30.4 Å². The molecular weight excluding hydrogens is 442 g/mol. The maximum absolute atomic E-state index is 12.1. The number of rotatable bonds is 7. The molecule has 1 aliphatic heterocycles. The molecule has 1 aliphatic rings. The molecule has 162 valence electrons. The highest BCUT2D eigenvalue weighted by molar-refractivity contribution is 7.90. The summed E-state index contributed by atoms with van der Waals surface area (Å²) in [5, 5.41) is 4.97. The summed E-state index contributed by atoms with van der Waals surface area (Å²) in [7, 11) is -3.58. The molecule has 4 rings (SSSR count). The standard InChI is InChI=1S/C19H19N5O5S2/c1-2-15-22-24-16(25)10-12(21-19(24)30-15)11-29-17(26)8-5-9-20-18-13-6-3-4-7-14(13)31(27,28)23-18/h3-4,6-7,10H,2,5,8-9,11H2,1H3,(H,20,23). The highest BCUT2D eigenvalue weighted by atomic mass is 32.2. The Hall–Kier alpha value is -3.12. The Bertz CT molecular complexity index is 1340. The number of carbonyl (C=O) groups is 1. The van der Waals surface area contributed by atoms with Crippen LogP contribution in [0, 0.1) is 0 Å². The van der Waals surface area contributed by atoms with Crippen molar-refractivity contribution in [3.63, 3.8) is 0 Å². The van der Waals surface area contributed by atoms with Crippen LogP contribution in [0.1, 0.15) is 36.0 Å². The van der Waals surface area contributed by atoms with Crippen LogP contribution < -0.4 is 10.3 Å². The van der Waals surface area contributed by atoms with Gasteiger partial charge in [-0.15, -0.1) is 0 Å². The van der Waals surface area contributed by atoms with Crippen molar-refractivity contribution in [1.82, 2.24) is 19.3 Å². The van der Waals surface area contributed by atoms with Crippen LogP contribution in [0.15, 0.2) is 45.0 Å². The molecule has 1 N–H and O–H groups in total. The van der Waals surface area contributed by atoms with Crippen molar-refractivity contribution in [2.45, 2.75) is 37.7 Å². The van der Waals surface area contributed by atoms with E-state index in [1.807, 2.05) is 6.92 Å². The van der Waals surface area contributed by atoms with Crippen LogP contribution in [-0.4, -0.2) is 41.4 Å². The minimum atomic E-state index is -3.58. The van der Waals surface area contributed by atoms with Crippen LogP contribution in [0.4, 0.5) is 0 Å². The van der Waals surface area contributed by atoms with Crippen molar-refractivity contribution in [2.24, 2.45) is 4.99 Å². The molecule has 3 heterocycles. The summed E-state index contributed by atoms with van der Waals surface area (Å²) in [6.07, 6.45) is 1.19. The third kappa shape index (κ3) is 4.49. The van der Waals surface area contributed by atoms with Crippen LogP contribution >= 0.6 is 11.3 Å². The van der Waals surface area contributed by atoms with Crippen LogP contribution in [0.2, 0.25) is 0 Å². The van der Waals surface area contributed by atoms with Gasteiger partial charge in [-0.05, 0) is 25.0 Å². The Balaban J connectivity index is 1.30. The molecule has 0 amide bonds. The predicted molar refractivity (Wildman–Crippen MR) is 114 cm³/mol. The van der Waals surface area contributed by atoms with Gasteiger partial charge in [0.2, 0.25) is 4.96 Å². The zero-order valence-electron chi connectivity index (χ0n) is 16.6. The first-order chi connectivity index (χ1) is 14.9. The predicted octanol–water partition coefficient (Wildman–Crippen LogP) is 1.28. The summed E-state index contributed by atoms with van der Waals surface area (Å²) in [5.74, 6) is -0.175. The van der Waals surface area contributed by atoms with Crippen LogP contribution in [0.3, 0.4) is 0 Å². The van der Waals surface area contributed by atoms with Crippen LogP contribution in [-0.2, 0) is 32.6 Å². The maximum atomic E-state index is 12.1. The molecule has 2 aromatic heterocycles. The minimum absolute atomic E-state index is 0.104. The molecule has 0 radical (unpaired) electrons. The van der Waals surface area contributed by atoms with Gasteiger partial charge in [0.05, 0.1) is 10.6 Å². The first-order valence-electron chi connectivity index (χ1n) is 9.58.